The fourth-order valence-electron chi connectivity index (χ4n) is 4.78. The van der Waals surface area contributed by atoms with E-state index in [1.165, 1.54) is 12.1 Å². The molecule has 2 atom stereocenters. The molecule has 0 aromatic heterocycles. The zero-order valence-electron chi connectivity index (χ0n) is 17.0. The van der Waals surface area contributed by atoms with Gasteiger partial charge in [-0.3, -0.25) is 18.3 Å². The maximum absolute atomic E-state index is 13.9. The van der Waals surface area contributed by atoms with Crippen LogP contribution in [0, 0.1) is 5.82 Å². The van der Waals surface area contributed by atoms with E-state index in [0.717, 1.165) is 12.1 Å². The normalized spacial score (nSPS) is 28.2. The van der Waals surface area contributed by atoms with Crippen LogP contribution in [0.15, 0.2) is 42.5 Å². The van der Waals surface area contributed by atoms with Gasteiger partial charge in [-0.15, -0.1) is 0 Å². The van der Waals surface area contributed by atoms with Crippen LogP contribution < -0.4 is 4.31 Å². The number of benzene rings is 2. The number of likely N-dealkylation sites (N-methyl/N-ethyl adjacent to an activating group) is 1. The van der Waals surface area contributed by atoms with Gasteiger partial charge in [-0.2, -0.15) is 4.31 Å². The molecule has 0 aliphatic carbocycles. The molecule has 0 radical (unpaired) electrons. The number of rotatable bonds is 3. The molecule has 30 heavy (non-hydrogen) atoms. The molecular formula is C21H27ClFN3O3S. The van der Waals surface area contributed by atoms with Gasteiger partial charge in [0.05, 0.1) is 16.2 Å². The third kappa shape index (κ3) is 3.77. The van der Waals surface area contributed by atoms with Crippen LogP contribution in [0.3, 0.4) is 0 Å². The van der Waals surface area contributed by atoms with Crippen LogP contribution in [0.5, 0.6) is 5.75 Å². The number of anilines is 1. The van der Waals surface area contributed by atoms with Crippen LogP contribution in [0.1, 0.15) is 25.3 Å². The van der Waals surface area contributed by atoms with Crippen LogP contribution in [0.2, 0.25) is 5.02 Å². The van der Waals surface area contributed by atoms with Crippen LogP contribution in [0.4, 0.5) is 10.1 Å². The quantitative estimate of drug-likeness (QED) is 0.609. The van der Waals surface area contributed by atoms with Crippen molar-refractivity contribution in [2.24, 2.45) is 0 Å². The van der Waals surface area contributed by atoms with Gasteiger partial charge in [0.25, 0.3) is 0 Å². The maximum atomic E-state index is 13.9. The lowest BCUT2D eigenvalue weighted by Gasteiger charge is -2.51. The number of aromatic hydroxyl groups is 1. The maximum Gasteiger partial charge on any atom is 0.134 e. The number of piperidine rings is 1. The number of nitrogens with zero attached hydrogens (tertiary/aromatic N) is 3. The summed E-state index contributed by atoms with van der Waals surface area (Å²) < 4.78 is 39.1. The van der Waals surface area contributed by atoms with Crippen molar-refractivity contribution in [1.82, 2.24) is 9.21 Å². The van der Waals surface area contributed by atoms with Gasteiger partial charge in [-0.05, 0) is 55.7 Å². The first kappa shape index (κ1) is 21.7. The van der Waals surface area contributed by atoms with Crippen molar-refractivity contribution in [3.8, 4) is 5.75 Å². The molecule has 2 aliphatic rings. The minimum absolute atomic E-state index is 0.0657. The van der Waals surface area contributed by atoms with Crippen molar-refractivity contribution in [2.75, 3.05) is 24.4 Å². The summed E-state index contributed by atoms with van der Waals surface area (Å²) >= 11 is 6.05. The molecule has 2 saturated heterocycles. The number of hydrogen-bond acceptors (Lipinski definition) is 6. The van der Waals surface area contributed by atoms with Gasteiger partial charge >= 0.3 is 0 Å². The Bertz CT molecular complexity index is 949. The monoisotopic (exact) mass is 455 g/mol. The summed E-state index contributed by atoms with van der Waals surface area (Å²) in [5, 5.41) is 9.98. The summed E-state index contributed by atoms with van der Waals surface area (Å²) in [6.07, 6.45) is 1.41. The van der Waals surface area contributed by atoms with E-state index in [1.54, 1.807) is 39.9 Å². The Kier molecular flexibility index (Phi) is 5.67. The Balaban J connectivity index is 1.59. The summed E-state index contributed by atoms with van der Waals surface area (Å²) in [7, 11) is -1.52. The van der Waals surface area contributed by atoms with Gasteiger partial charge in [-0.25, -0.2) is 4.39 Å². The van der Waals surface area contributed by atoms with Crippen LogP contribution in [-0.2, 0) is 6.54 Å². The number of phenolic OH excluding ortho intramolecular Hbond substituents is 1. The Morgan fingerprint density at radius 1 is 1.23 bits per heavy atom. The average molecular weight is 456 g/mol. The molecule has 6 nitrogen and oxygen atoms in total. The number of halogens is 2. The third-order valence-corrected chi connectivity index (χ3v) is 8.57. The fourth-order valence-corrected chi connectivity index (χ4v) is 6.82. The predicted octanol–water partition coefficient (Wildman–Crippen LogP) is 4.94. The zero-order chi connectivity index (χ0) is 21.7. The largest absolute Gasteiger partial charge is 0.506 e. The molecule has 2 heterocycles. The fraction of sp³-hybridized carbons (Fsp3) is 0.429. The van der Waals surface area contributed by atoms with E-state index in [-0.39, 0.29) is 11.8 Å². The molecule has 0 bridgehead atoms. The summed E-state index contributed by atoms with van der Waals surface area (Å²) in [4.78, 5) is 2.32. The second-order valence-corrected chi connectivity index (χ2v) is 10.7. The predicted molar refractivity (Wildman–Crippen MR) is 119 cm³/mol. The molecule has 0 saturated carbocycles. The van der Waals surface area contributed by atoms with Gasteiger partial charge in [0, 0.05) is 32.7 Å². The van der Waals surface area contributed by atoms with Crippen LogP contribution in [-0.4, -0.2) is 55.1 Å². The SMILES string of the molecule is C[C@H]1C[C@]2(CCN1Cc1ccc(O)c(Cl)c1)CN(C)S(O)(O)N2c1cccc(F)c1. The second kappa shape index (κ2) is 7.85. The molecular weight excluding hydrogens is 429 g/mol. The molecule has 4 rings (SSSR count). The Hall–Kier alpha value is -1.55. The minimum atomic E-state index is -3.22. The van der Waals surface area contributed by atoms with Gasteiger partial charge in [0.15, 0.2) is 0 Å². The third-order valence-electron chi connectivity index (χ3n) is 6.21. The first-order valence-electron chi connectivity index (χ1n) is 9.89. The Morgan fingerprint density at radius 3 is 2.67 bits per heavy atom. The second-order valence-electron chi connectivity index (χ2n) is 8.33. The molecule has 0 unspecified atom stereocenters. The Morgan fingerprint density at radius 2 is 2.00 bits per heavy atom. The molecule has 2 aromatic carbocycles. The molecule has 2 fully saturated rings. The minimum Gasteiger partial charge on any atom is -0.506 e. The lowest BCUT2D eigenvalue weighted by molar-refractivity contribution is 0.100. The van der Waals surface area contributed by atoms with Crippen molar-refractivity contribution in [2.45, 2.75) is 37.9 Å². The molecule has 2 aliphatic heterocycles. The highest BCUT2D eigenvalue weighted by Crippen LogP contribution is 2.61. The van der Waals surface area contributed by atoms with Crippen molar-refractivity contribution in [3.63, 3.8) is 0 Å². The van der Waals surface area contributed by atoms with E-state index in [0.29, 0.717) is 36.6 Å². The first-order chi connectivity index (χ1) is 14.1. The highest BCUT2D eigenvalue weighted by Gasteiger charge is 2.55. The Labute approximate surface area is 183 Å². The van der Waals surface area contributed by atoms with Crippen molar-refractivity contribution in [3.05, 3.63) is 58.9 Å². The van der Waals surface area contributed by atoms with Gasteiger partial charge in [0.1, 0.15) is 11.6 Å². The van der Waals surface area contributed by atoms with Gasteiger partial charge in [0.2, 0.25) is 0 Å². The van der Waals surface area contributed by atoms with E-state index in [1.807, 2.05) is 6.07 Å². The van der Waals surface area contributed by atoms with Crippen LogP contribution >= 0.6 is 22.6 Å². The molecule has 1 spiro atoms. The molecule has 164 valence electrons. The van der Waals surface area contributed by atoms with Crippen molar-refractivity contribution in [1.29, 1.82) is 0 Å². The standard InChI is InChI=1S/C21H27ClFN3O3S/c1-15-12-21(8-9-25(15)13-16-6-7-20(27)19(22)10-16)14-24(2)30(28,29)26(21)18-5-3-4-17(23)11-18/h3-7,10-11,15,27-29H,8-9,12-14H2,1-2H3/t15-,21+/m0/s1. The van der Waals surface area contributed by atoms with E-state index in [2.05, 4.69) is 11.8 Å². The molecule has 9 heteroatoms. The zero-order valence-corrected chi connectivity index (χ0v) is 18.6. The lowest BCUT2D eigenvalue weighted by Crippen LogP contribution is -2.57. The molecule has 0 amide bonds. The van der Waals surface area contributed by atoms with Gasteiger partial charge < -0.3 is 5.11 Å². The van der Waals surface area contributed by atoms with Crippen LogP contribution in [0.25, 0.3) is 0 Å². The smallest absolute Gasteiger partial charge is 0.134 e. The summed E-state index contributed by atoms with van der Waals surface area (Å²) in [5.41, 5.74) is 1.00. The summed E-state index contributed by atoms with van der Waals surface area (Å²) in [6, 6.07) is 11.4. The average Bonchev–Trinajstić information content (AvgIpc) is 2.85. The topological polar surface area (TPSA) is 70.4 Å². The van der Waals surface area contributed by atoms with E-state index in [9.17, 15) is 18.6 Å². The summed E-state index contributed by atoms with van der Waals surface area (Å²) in [6.45, 7) is 4.05. The lowest BCUT2D eigenvalue weighted by atomic mass is 9.82. The summed E-state index contributed by atoms with van der Waals surface area (Å²) in [5.74, 6) is -0.335. The highest BCUT2D eigenvalue weighted by molar-refractivity contribution is 8.23. The number of hydrogen-bond donors (Lipinski definition) is 3. The van der Waals surface area contributed by atoms with Gasteiger partial charge in [-0.1, -0.05) is 34.7 Å². The first-order valence-corrected chi connectivity index (χ1v) is 11.7. The highest BCUT2D eigenvalue weighted by atomic mass is 35.5. The molecule has 2 aromatic rings. The van der Waals surface area contributed by atoms with Crippen molar-refractivity contribution >= 4 is 28.3 Å². The molecule has 3 N–H and O–H groups in total. The van der Waals surface area contributed by atoms with E-state index in [4.69, 9.17) is 11.6 Å². The number of phenols is 1. The van der Waals surface area contributed by atoms with Crippen molar-refractivity contribution < 1.29 is 18.6 Å². The number of likely N-dealkylation sites (tertiary alicyclic amines) is 1. The van der Waals surface area contributed by atoms with E-state index < -0.39 is 22.3 Å². The van der Waals surface area contributed by atoms with E-state index >= 15 is 0 Å².